The topological polar surface area (TPSA) is 29.1 Å². The SMILES string of the molecule is CC(CCl)(NC(=O)c1cccc(F)c1F)c1ccccc1. The molecule has 0 heterocycles. The first-order valence-corrected chi connectivity index (χ1v) is 6.89. The van der Waals surface area contributed by atoms with Crippen molar-refractivity contribution in [3.8, 4) is 0 Å². The first-order chi connectivity index (χ1) is 9.98. The lowest BCUT2D eigenvalue weighted by atomic mass is 9.93. The van der Waals surface area contributed by atoms with Crippen LogP contribution in [0.25, 0.3) is 0 Å². The van der Waals surface area contributed by atoms with Gasteiger partial charge in [-0.15, -0.1) is 11.6 Å². The molecule has 1 amide bonds. The predicted octanol–water partition coefficient (Wildman–Crippen LogP) is 3.85. The van der Waals surface area contributed by atoms with Gasteiger partial charge in [-0.25, -0.2) is 8.78 Å². The fourth-order valence-electron chi connectivity index (χ4n) is 1.99. The molecule has 5 heteroatoms. The van der Waals surface area contributed by atoms with Crippen LogP contribution < -0.4 is 5.32 Å². The highest BCUT2D eigenvalue weighted by Gasteiger charge is 2.29. The smallest absolute Gasteiger partial charge is 0.255 e. The van der Waals surface area contributed by atoms with E-state index in [0.29, 0.717) is 0 Å². The number of halogens is 3. The van der Waals surface area contributed by atoms with Crippen molar-refractivity contribution in [3.63, 3.8) is 0 Å². The summed E-state index contributed by atoms with van der Waals surface area (Å²) in [7, 11) is 0. The van der Waals surface area contributed by atoms with E-state index >= 15 is 0 Å². The van der Waals surface area contributed by atoms with Crippen LogP contribution in [0, 0.1) is 11.6 Å². The molecule has 0 bridgehead atoms. The number of benzene rings is 2. The molecule has 2 aromatic rings. The van der Waals surface area contributed by atoms with Gasteiger partial charge in [0.15, 0.2) is 11.6 Å². The Kier molecular flexibility index (Phi) is 4.58. The van der Waals surface area contributed by atoms with Crippen LogP contribution >= 0.6 is 11.6 Å². The number of hydrogen-bond donors (Lipinski definition) is 1. The standard InChI is InChI=1S/C16H14ClF2NO/c1-16(10-17,11-6-3-2-4-7-11)20-15(21)12-8-5-9-13(18)14(12)19/h2-9H,10H2,1H3,(H,20,21). The molecule has 0 aromatic heterocycles. The molecule has 0 aliphatic heterocycles. The molecule has 1 atom stereocenters. The Morgan fingerprint density at radius 2 is 1.81 bits per heavy atom. The maximum atomic E-state index is 13.7. The summed E-state index contributed by atoms with van der Waals surface area (Å²) in [5.41, 5.74) is -0.439. The minimum atomic E-state index is -1.17. The molecule has 1 N–H and O–H groups in total. The summed E-state index contributed by atoms with van der Waals surface area (Å²) in [4.78, 5) is 12.2. The first-order valence-electron chi connectivity index (χ1n) is 6.36. The van der Waals surface area contributed by atoms with E-state index < -0.39 is 23.1 Å². The predicted molar refractivity (Wildman–Crippen MR) is 78.3 cm³/mol. The van der Waals surface area contributed by atoms with Gasteiger partial charge >= 0.3 is 0 Å². The van der Waals surface area contributed by atoms with E-state index in [9.17, 15) is 13.6 Å². The molecule has 2 rings (SSSR count). The summed E-state index contributed by atoms with van der Waals surface area (Å²) < 4.78 is 26.9. The molecular weight excluding hydrogens is 296 g/mol. The Hall–Kier alpha value is -1.94. The van der Waals surface area contributed by atoms with Crippen LogP contribution in [-0.2, 0) is 5.54 Å². The highest BCUT2D eigenvalue weighted by atomic mass is 35.5. The van der Waals surface area contributed by atoms with Crippen LogP contribution in [0.1, 0.15) is 22.8 Å². The summed E-state index contributed by atoms with van der Waals surface area (Å²) >= 11 is 5.96. The summed E-state index contributed by atoms with van der Waals surface area (Å²) in [6.45, 7) is 1.73. The Bertz CT molecular complexity index is 648. The van der Waals surface area contributed by atoms with Crippen LogP contribution in [0.2, 0.25) is 0 Å². The number of rotatable bonds is 4. The molecule has 0 aliphatic rings. The van der Waals surface area contributed by atoms with E-state index in [1.54, 1.807) is 6.92 Å². The van der Waals surface area contributed by atoms with Gasteiger partial charge in [0.05, 0.1) is 11.1 Å². The summed E-state index contributed by atoms with van der Waals surface area (Å²) in [6.07, 6.45) is 0. The van der Waals surface area contributed by atoms with E-state index in [0.717, 1.165) is 11.6 Å². The molecule has 0 fully saturated rings. The molecule has 110 valence electrons. The number of hydrogen-bond acceptors (Lipinski definition) is 1. The van der Waals surface area contributed by atoms with Crippen molar-refractivity contribution in [1.29, 1.82) is 0 Å². The van der Waals surface area contributed by atoms with Gasteiger partial charge in [0.2, 0.25) is 0 Å². The number of carbonyl (C=O) groups excluding carboxylic acids is 1. The number of alkyl halides is 1. The molecule has 0 radical (unpaired) electrons. The lowest BCUT2D eigenvalue weighted by Crippen LogP contribution is -2.45. The second-order valence-electron chi connectivity index (χ2n) is 4.89. The monoisotopic (exact) mass is 309 g/mol. The molecule has 0 spiro atoms. The van der Waals surface area contributed by atoms with Crippen molar-refractivity contribution in [1.82, 2.24) is 5.32 Å². The molecule has 0 aliphatic carbocycles. The molecule has 0 saturated carbocycles. The largest absolute Gasteiger partial charge is 0.341 e. The Balaban J connectivity index is 2.30. The average molecular weight is 310 g/mol. The minimum absolute atomic E-state index is 0.0969. The Morgan fingerprint density at radius 3 is 2.43 bits per heavy atom. The molecular formula is C16H14ClF2NO. The second kappa shape index (κ2) is 6.22. The van der Waals surface area contributed by atoms with Gasteiger partial charge in [-0.3, -0.25) is 4.79 Å². The summed E-state index contributed by atoms with van der Waals surface area (Å²) in [5, 5.41) is 2.67. The van der Waals surface area contributed by atoms with E-state index in [2.05, 4.69) is 5.32 Å². The van der Waals surface area contributed by atoms with Crippen molar-refractivity contribution in [2.24, 2.45) is 0 Å². The van der Waals surface area contributed by atoms with E-state index in [1.165, 1.54) is 12.1 Å². The fourth-order valence-corrected chi connectivity index (χ4v) is 2.21. The zero-order valence-electron chi connectivity index (χ0n) is 11.4. The van der Waals surface area contributed by atoms with Gasteiger partial charge in [-0.2, -0.15) is 0 Å². The maximum absolute atomic E-state index is 13.7. The zero-order valence-corrected chi connectivity index (χ0v) is 12.1. The Morgan fingerprint density at radius 1 is 1.14 bits per heavy atom. The first kappa shape index (κ1) is 15.4. The van der Waals surface area contributed by atoms with Gasteiger partial charge in [0, 0.05) is 5.88 Å². The molecule has 2 aromatic carbocycles. The van der Waals surface area contributed by atoms with Crippen LogP contribution in [0.4, 0.5) is 8.78 Å². The van der Waals surface area contributed by atoms with E-state index in [1.807, 2.05) is 30.3 Å². The fraction of sp³-hybridized carbons (Fsp3) is 0.188. The van der Waals surface area contributed by atoms with Crippen LogP contribution in [0.5, 0.6) is 0 Å². The quantitative estimate of drug-likeness (QED) is 0.854. The highest BCUT2D eigenvalue weighted by molar-refractivity contribution is 6.19. The van der Waals surface area contributed by atoms with Crippen LogP contribution in [0.3, 0.4) is 0 Å². The second-order valence-corrected chi connectivity index (χ2v) is 5.15. The third-order valence-corrected chi connectivity index (χ3v) is 3.80. The molecule has 0 saturated heterocycles. The third-order valence-electron chi connectivity index (χ3n) is 3.26. The van der Waals surface area contributed by atoms with Gasteiger partial charge in [-0.05, 0) is 24.6 Å². The summed E-state index contributed by atoms with van der Waals surface area (Å²) in [5.74, 6) is -2.84. The van der Waals surface area contributed by atoms with Gasteiger partial charge in [0.1, 0.15) is 0 Å². The highest BCUT2D eigenvalue weighted by Crippen LogP contribution is 2.23. The minimum Gasteiger partial charge on any atom is -0.341 e. The van der Waals surface area contributed by atoms with Crippen molar-refractivity contribution in [2.45, 2.75) is 12.5 Å². The third kappa shape index (κ3) is 3.22. The van der Waals surface area contributed by atoms with Crippen molar-refractivity contribution < 1.29 is 13.6 Å². The normalized spacial score (nSPS) is 13.5. The van der Waals surface area contributed by atoms with Crippen molar-refractivity contribution in [2.75, 3.05) is 5.88 Å². The van der Waals surface area contributed by atoms with Crippen molar-refractivity contribution >= 4 is 17.5 Å². The lowest BCUT2D eigenvalue weighted by Gasteiger charge is -2.29. The lowest BCUT2D eigenvalue weighted by molar-refractivity contribution is 0.0908. The number of nitrogens with one attached hydrogen (secondary N) is 1. The zero-order chi connectivity index (χ0) is 15.5. The van der Waals surface area contributed by atoms with E-state index in [-0.39, 0.29) is 11.4 Å². The van der Waals surface area contributed by atoms with E-state index in [4.69, 9.17) is 11.6 Å². The maximum Gasteiger partial charge on any atom is 0.255 e. The van der Waals surface area contributed by atoms with Gasteiger partial charge in [-0.1, -0.05) is 36.4 Å². The van der Waals surface area contributed by atoms with Crippen LogP contribution in [0.15, 0.2) is 48.5 Å². The van der Waals surface area contributed by atoms with Gasteiger partial charge < -0.3 is 5.32 Å². The molecule has 2 nitrogen and oxygen atoms in total. The number of amides is 1. The Labute approximate surface area is 126 Å². The van der Waals surface area contributed by atoms with Crippen molar-refractivity contribution in [3.05, 3.63) is 71.3 Å². The average Bonchev–Trinajstić information content (AvgIpc) is 2.50. The van der Waals surface area contributed by atoms with Gasteiger partial charge in [0.25, 0.3) is 5.91 Å². The molecule has 21 heavy (non-hydrogen) atoms. The van der Waals surface area contributed by atoms with Crippen LogP contribution in [-0.4, -0.2) is 11.8 Å². The number of carbonyl (C=O) groups is 1. The molecule has 1 unspecified atom stereocenters. The summed E-state index contributed by atoms with van der Waals surface area (Å²) in [6, 6.07) is 12.6.